The van der Waals surface area contributed by atoms with Crippen molar-refractivity contribution in [1.82, 2.24) is 0 Å². The second-order valence-corrected chi connectivity index (χ2v) is 6.10. The molecule has 11 nitrogen and oxygen atoms in total. The summed E-state index contributed by atoms with van der Waals surface area (Å²) in [6.07, 6.45) is -7.97. The van der Waals surface area contributed by atoms with E-state index in [0.717, 1.165) is 0 Å². The number of hydrogen-bond donors (Lipinski definition) is 7. The lowest BCUT2D eigenvalue weighted by Gasteiger charge is -2.39. The summed E-state index contributed by atoms with van der Waals surface area (Å²) in [7, 11) is 0. The minimum atomic E-state index is -1.65. The monoisotopic (exact) mass is 386 g/mol. The number of carbonyl (C=O) groups is 2. The summed E-state index contributed by atoms with van der Waals surface area (Å²) in [4.78, 5) is 23.0. The standard InChI is InChI=1S/C16H22N2O9/c17-7(15(24)25)4-8(20)6-2-1-3-9(11(6)18)26-16-14(23)13(22)12(21)10(5-19)27-16/h1-3,7,10,12-14,16,19,21-23H,4-5,17-18H2,(H,24,25)/t7?,10-,12-,13+,14-,16?/m1/s1. The fraction of sp³-hybridized carbons (Fsp3) is 0.500. The molecule has 0 spiro atoms. The summed E-state index contributed by atoms with van der Waals surface area (Å²) in [5.41, 5.74) is 11.1. The van der Waals surface area contributed by atoms with Gasteiger partial charge in [0.25, 0.3) is 0 Å². The molecule has 1 aromatic rings. The van der Waals surface area contributed by atoms with Crippen molar-refractivity contribution < 1.29 is 44.6 Å². The molecule has 1 saturated heterocycles. The number of hydrogen-bond acceptors (Lipinski definition) is 10. The second-order valence-electron chi connectivity index (χ2n) is 6.10. The van der Waals surface area contributed by atoms with Gasteiger partial charge in [0.05, 0.1) is 12.3 Å². The number of aliphatic hydroxyl groups is 4. The third kappa shape index (κ3) is 4.53. The molecular weight excluding hydrogens is 364 g/mol. The number of ether oxygens (including phenoxy) is 2. The largest absolute Gasteiger partial charge is 0.480 e. The summed E-state index contributed by atoms with van der Waals surface area (Å²) < 4.78 is 10.6. The average Bonchev–Trinajstić information content (AvgIpc) is 2.63. The van der Waals surface area contributed by atoms with E-state index in [1.807, 2.05) is 0 Å². The molecule has 2 rings (SSSR count). The smallest absolute Gasteiger partial charge is 0.320 e. The maximum absolute atomic E-state index is 12.2. The third-order valence-electron chi connectivity index (χ3n) is 4.18. The molecule has 1 aliphatic rings. The van der Waals surface area contributed by atoms with Gasteiger partial charge in [0.1, 0.15) is 36.2 Å². The Labute approximate surface area is 153 Å². The first-order valence-corrected chi connectivity index (χ1v) is 8.04. The van der Waals surface area contributed by atoms with Gasteiger partial charge < -0.3 is 46.5 Å². The molecule has 2 unspecified atom stereocenters. The molecule has 0 aliphatic carbocycles. The zero-order chi connectivity index (χ0) is 20.3. The molecule has 150 valence electrons. The fourth-order valence-electron chi connectivity index (χ4n) is 2.58. The zero-order valence-corrected chi connectivity index (χ0v) is 14.1. The normalized spacial score (nSPS) is 29.1. The third-order valence-corrected chi connectivity index (χ3v) is 4.18. The van der Waals surface area contributed by atoms with E-state index in [-0.39, 0.29) is 17.0 Å². The Morgan fingerprint density at radius 1 is 1.19 bits per heavy atom. The Kier molecular flexibility index (Phi) is 6.70. The molecular formula is C16H22N2O9. The molecule has 1 heterocycles. The number of aliphatic hydroxyl groups excluding tert-OH is 4. The van der Waals surface area contributed by atoms with Gasteiger partial charge in [0.15, 0.2) is 5.78 Å². The number of anilines is 1. The molecule has 11 heteroatoms. The number of carbonyl (C=O) groups excluding carboxylic acids is 1. The van der Waals surface area contributed by atoms with Crippen molar-refractivity contribution in [2.24, 2.45) is 5.73 Å². The van der Waals surface area contributed by atoms with Crippen LogP contribution in [0, 0.1) is 0 Å². The summed E-state index contributed by atoms with van der Waals surface area (Å²) in [6.45, 7) is -0.633. The molecule has 9 N–H and O–H groups in total. The lowest BCUT2D eigenvalue weighted by Crippen LogP contribution is -2.60. The zero-order valence-electron chi connectivity index (χ0n) is 14.1. The van der Waals surface area contributed by atoms with Crippen LogP contribution in [-0.2, 0) is 9.53 Å². The van der Waals surface area contributed by atoms with E-state index in [9.17, 15) is 30.0 Å². The SMILES string of the molecule is Nc1c(OC2O[C@H](CO)[C@@H](O)[C@H](O)[C@H]2O)cccc1C(=O)CC(N)C(=O)O. The van der Waals surface area contributed by atoms with Gasteiger partial charge in [-0.2, -0.15) is 0 Å². The molecule has 27 heavy (non-hydrogen) atoms. The Hall–Kier alpha value is -2.28. The van der Waals surface area contributed by atoms with E-state index in [0.29, 0.717) is 0 Å². The van der Waals surface area contributed by atoms with Crippen LogP contribution in [-0.4, -0.2) is 80.6 Å². The Bertz CT molecular complexity index is 696. The first-order valence-electron chi connectivity index (χ1n) is 8.04. The summed E-state index contributed by atoms with van der Waals surface area (Å²) in [5.74, 6) is -2.04. The van der Waals surface area contributed by atoms with E-state index in [1.165, 1.54) is 18.2 Å². The van der Waals surface area contributed by atoms with E-state index < -0.39 is 61.5 Å². The van der Waals surface area contributed by atoms with Crippen molar-refractivity contribution in [2.75, 3.05) is 12.3 Å². The number of para-hydroxylation sites is 1. The van der Waals surface area contributed by atoms with Crippen molar-refractivity contribution in [3.8, 4) is 5.75 Å². The van der Waals surface area contributed by atoms with E-state index in [2.05, 4.69) is 0 Å². The van der Waals surface area contributed by atoms with E-state index in [1.54, 1.807) is 0 Å². The maximum atomic E-state index is 12.2. The predicted molar refractivity (Wildman–Crippen MR) is 89.8 cm³/mol. The summed E-state index contributed by atoms with van der Waals surface area (Å²) in [6, 6.07) is 2.73. The lowest BCUT2D eigenvalue weighted by atomic mass is 9.99. The van der Waals surface area contributed by atoms with Crippen LogP contribution in [0.15, 0.2) is 18.2 Å². The van der Waals surface area contributed by atoms with Gasteiger partial charge in [0.2, 0.25) is 6.29 Å². The topological polar surface area (TPSA) is 206 Å². The Morgan fingerprint density at radius 2 is 1.85 bits per heavy atom. The van der Waals surface area contributed by atoms with Crippen LogP contribution in [0.3, 0.4) is 0 Å². The van der Waals surface area contributed by atoms with Crippen LogP contribution in [0.25, 0.3) is 0 Å². The van der Waals surface area contributed by atoms with Crippen molar-refractivity contribution in [1.29, 1.82) is 0 Å². The highest BCUT2D eigenvalue weighted by Gasteiger charge is 2.44. The number of ketones is 1. The first kappa shape index (κ1) is 21.0. The van der Waals surface area contributed by atoms with Gasteiger partial charge >= 0.3 is 5.97 Å². The first-order chi connectivity index (χ1) is 12.7. The molecule has 1 fully saturated rings. The number of aliphatic carboxylic acids is 1. The molecule has 1 aliphatic heterocycles. The van der Waals surface area contributed by atoms with Gasteiger partial charge in [-0.25, -0.2) is 0 Å². The Morgan fingerprint density at radius 3 is 2.44 bits per heavy atom. The lowest BCUT2D eigenvalue weighted by molar-refractivity contribution is -0.277. The minimum absolute atomic E-state index is 0.0335. The number of nitrogen functional groups attached to an aromatic ring is 1. The van der Waals surface area contributed by atoms with Crippen LogP contribution in [0.1, 0.15) is 16.8 Å². The molecule has 0 saturated carbocycles. The van der Waals surface area contributed by atoms with Crippen molar-refractivity contribution >= 4 is 17.4 Å². The van der Waals surface area contributed by atoms with Gasteiger partial charge in [-0.1, -0.05) is 6.07 Å². The quantitative estimate of drug-likeness (QED) is 0.191. The Balaban J connectivity index is 2.20. The molecule has 0 amide bonds. The summed E-state index contributed by atoms with van der Waals surface area (Å²) in [5, 5.41) is 47.5. The second kappa shape index (κ2) is 8.61. The van der Waals surface area contributed by atoms with Gasteiger partial charge in [-0.3, -0.25) is 9.59 Å². The molecule has 6 atom stereocenters. The van der Waals surface area contributed by atoms with Gasteiger partial charge in [-0.05, 0) is 12.1 Å². The maximum Gasteiger partial charge on any atom is 0.320 e. The molecule has 0 aromatic heterocycles. The van der Waals surface area contributed by atoms with E-state index in [4.69, 9.17) is 26.0 Å². The number of Topliss-reactive ketones (excluding diaryl/α,β-unsaturated/α-hetero) is 1. The van der Waals surface area contributed by atoms with Crippen LogP contribution in [0.4, 0.5) is 5.69 Å². The number of carboxylic acid groups (broad SMARTS) is 1. The number of rotatable bonds is 7. The molecule has 1 aromatic carbocycles. The van der Waals surface area contributed by atoms with Crippen molar-refractivity contribution in [2.45, 2.75) is 43.2 Å². The molecule has 0 bridgehead atoms. The number of carboxylic acids is 1. The summed E-state index contributed by atoms with van der Waals surface area (Å²) >= 11 is 0. The van der Waals surface area contributed by atoms with Gasteiger partial charge in [-0.15, -0.1) is 0 Å². The predicted octanol–water partition coefficient (Wildman–Crippen LogP) is -2.57. The van der Waals surface area contributed by atoms with Crippen LogP contribution >= 0.6 is 0 Å². The minimum Gasteiger partial charge on any atom is -0.480 e. The van der Waals surface area contributed by atoms with Crippen LogP contribution < -0.4 is 16.2 Å². The number of benzene rings is 1. The highest BCUT2D eigenvalue weighted by Crippen LogP contribution is 2.30. The van der Waals surface area contributed by atoms with E-state index >= 15 is 0 Å². The highest BCUT2D eigenvalue weighted by atomic mass is 16.7. The van der Waals surface area contributed by atoms with Crippen molar-refractivity contribution in [3.05, 3.63) is 23.8 Å². The fourth-order valence-corrected chi connectivity index (χ4v) is 2.58. The highest BCUT2D eigenvalue weighted by molar-refractivity contribution is 6.03. The average molecular weight is 386 g/mol. The van der Waals surface area contributed by atoms with Crippen LogP contribution in [0.5, 0.6) is 5.75 Å². The van der Waals surface area contributed by atoms with Crippen LogP contribution in [0.2, 0.25) is 0 Å². The molecule has 0 radical (unpaired) electrons. The van der Waals surface area contributed by atoms with Crippen molar-refractivity contribution in [3.63, 3.8) is 0 Å². The number of nitrogens with two attached hydrogens (primary N) is 2. The van der Waals surface area contributed by atoms with Gasteiger partial charge in [0, 0.05) is 12.0 Å².